The van der Waals surface area contributed by atoms with E-state index in [-0.39, 0.29) is 34.9 Å². The molecular formula is C9H13Cl3N2O2S. The Morgan fingerprint density at radius 1 is 1.35 bits per heavy atom. The Kier molecular flexibility index (Phi) is 6.76. The first-order valence-corrected chi connectivity index (χ1v) is 6.78. The predicted octanol–water partition coefficient (Wildman–Crippen LogP) is 2.04. The van der Waals surface area contributed by atoms with E-state index in [2.05, 4.69) is 4.72 Å². The van der Waals surface area contributed by atoms with Gasteiger partial charge in [-0.15, -0.1) is 12.4 Å². The zero-order chi connectivity index (χ0) is 12.3. The number of rotatable bonds is 4. The van der Waals surface area contributed by atoms with Gasteiger partial charge in [0.05, 0.1) is 14.9 Å². The Morgan fingerprint density at radius 2 is 1.94 bits per heavy atom. The Morgan fingerprint density at radius 3 is 2.41 bits per heavy atom. The Labute approximate surface area is 117 Å². The topological polar surface area (TPSA) is 72.2 Å². The summed E-state index contributed by atoms with van der Waals surface area (Å²) in [5.41, 5.74) is 5.34. The molecule has 0 aliphatic carbocycles. The molecule has 4 nitrogen and oxygen atoms in total. The molecule has 0 saturated carbocycles. The number of sulfonamides is 1. The van der Waals surface area contributed by atoms with Gasteiger partial charge in [0.25, 0.3) is 0 Å². The standard InChI is InChI=1S/C9H12Cl2N2O2S.ClH/c1-6(5-12)13-16(14,15)7-2-3-8(10)9(11)4-7;/h2-4,6,13H,5,12H2,1H3;1H/t6-;/m1./s1. The third-order valence-corrected chi connectivity index (χ3v) is 4.24. The number of benzene rings is 1. The number of nitrogens with two attached hydrogens (primary N) is 1. The van der Waals surface area contributed by atoms with E-state index in [1.807, 2.05) is 0 Å². The number of hydrogen-bond donors (Lipinski definition) is 2. The van der Waals surface area contributed by atoms with Gasteiger partial charge in [-0.3, -0.25) is 0 Å². The van der Waals surface area contributed by atoms with Gasteiger partial charge >= 0.3 is 0 Å². The van der Waals surface area contributed by atoms with Crippen molar-refractivity contribution in [2.75, 3.05) is 6.54 Å². The molecule has 1 aromatic rings. The van der Waals surface area contributed by atoms with E-state index in [0.717, 1.165) is 0 Å². The molecule has 0 unspecified atom stereocenters. The fourth-order valence-corrected chi connectivity index (χ4v) is 2.67. The van der Waals surface area contributed by atoms with Crippen molar-refractivity contribution in [1.29, 1.82) is 0 Å². The minimum absolute atomic E-state index is 0. The first kappa shape index (κ1) is 17.0. The van der Waals surface area contributed by atoms with E-state index in [1.165, 1.54) is 18.2 Å². The Balaban J connectivity index is 0.00000256. The summed E-state index contributed by atoms with van der Waals surface area (Å²) in [6.07, 6.45) is 0. The van der Waals surface area contributed by atoms with Gasteiger partial charge in [0, 0.05) is 12.6 Å². The molecule has 8 heteroatoms. The van der Waals surface area contributed by atoms with Crippen LogP contribution in [0.2, 0.25) is 10.0 Å². The minimum Gasteiger partial charge on any atom is -0.329 e. The molecule has 0 amide bonds. The lowest BCUT2D eigenvalue weighted by atomic mass is 10.4. The van der Waals surface area contributed by atoms with Crippen molar-refractivity contribution in [2.45, 2.75) is 17.9 Å². The summed E-state index contributed by atoms with van der Waals surface area (Å²) in [4.78, 5) is 0.0715. The predicted molar refractivity (Wildman–Crippen MR) is 72.5 cm³/mol. The SMILES string of the molecule is C[C@H](CN)NS(=O)(=O)c1ccc(Cl)c(Cl)c1.Cl. The van der Waals surface area contributed by atoms with Crippen LogP contribution in [0.4, 0.5) is 0 Å². The van der Waals surface area contributed by atoms with Crippen LogP contribution in [0.5, 0.6) is 0 Å². The third kappa shape index (κ3) is 4.62. The second-order valence-electron chi connectivity index (χ2n) is 3.33. The van der Waals surface area contributed by atoms with Gasteiger partial charge in [0.15, 0.2) is 0 Å². The summed E-state index contributed by atoms with van der Waals surface area (Å²) in [6, 6.07) is 3.79. The molecule has 0 aromatic heterocycles. The van der Waals surface area contributed by atoms with Crippen molar-refractivity contribution >= 4 is 45.6 Å². The lowest BCUT2D eigenvalue weighted by molar-refractivity contribution is 0.562. The average molecular weight is 320 g/mol. The van der Waals surface area contributed by atoms with Gasteiger partial charge in [-0.25, -0.2) is 13.1 Å². The highest BCUT2D eigenvalue weighted by Crippen LogP contribution is 2.24. The Bertz CT molecular complexity index is 479. The molecule has 0 aliphatic rings. The lowest BCUT2D eigenvalue weighted by Crippen LogP contribution is -2.37. The monoisotopic (exact) mass is 318 g/mol. The van der Waals surface area contributed by atoms with Crippen molar-refractivity contribution < 1.29 is 8.42 Å². The normalized spacial score (nSPS) is 12.9. The molecule has 1 aromatic carbocycles. The smallest absolute Gasteiger partial charge is 0.240 e. The molecule has 17 heavy (non-hydrogen) atoms. The van der Waals surface area contributed by atoms with Crippen molar-refractivity contribution in [1.82, 2.24) is 4.72 Å². The van der Waals surface area contributed by atoms with Crippen LogP contribution in [0, 0.1) is 0 Å². The highest BCUT2D eigenvalue weighted by atomic mass is 35.5. The Hall–Kier alpha value is -0.0400. The fraction of sp³-hybridized carbons (Fsp3) is 0.333. The van der Waals surface area contributed by atoms with Crippen LogP contribution in [0.15, 0.2) is 23.1 Å². The van der Waals surface area contributed by atoms with Crippen LogP contribution < -0.4 is 10.5 Å². The highest BCUT2D eigenvalue weighted by Gasteiger charge is 2.17. The van der Waals surface area contributed by atoms with Crippen LogP contribution in [0.3, 0.4) is 0 Å². The van der Waals surface area contributed by atoms with Crippen LogP contribution >= 0.6 is 35.6 Å². The highest BCUT2D eigenvalue weighted by molar-refractivity contribution is 7.89. The second-order valence-corrected chi connectivity index (χ2v) is 5.86. The largest absolute Gasteiger partial charge is 0.329 e. The van der Waals surface area contributed by atoms with E-state index in [4.69, 9.17) is 28.9 Å². The maximum Gasteiger partial charge on any atom is 0.240 e. The fourth-order valence-electron chi connectivity index (χ4n) is 1.03. The molecule has 0 spiro atoms. The number of hydrogen-bond acceptors (Lipinski definition) is 3. The number of nitrogens with one attached hydrogen (secondary N) is 1. The quantitative estimate of drug-likeness (QED) is 0.892. The lowest BCUT2D eigenvalue weighted by Gasteiger charge is -2.12. The van der Waals surface area contributed by atoms with Crippen molar-refractivity contribution in [3.05, 3.63) is 28.2 Å². The summed E-state index contributed by atoms with van der Waals surface area (Å²) in [7, 11) is -3.58. The van der Waals surface area contributed by atoms with Crippen LogP contribution in [0.1, 0.15) is 6.92 Å². The third-order valence-electron chi connectivity index (χ3n) is 1.91. The van der Waals surface area contributed by atoms with Gasteiger partial charge in [-0.1, -0.05) is 23.2 Å². The summed E-state index contributed by atoms with van der Waals surface area (Å²) < 4.78 is 26.0. The first-order chi connectivity index (χ1) is 7.36. The molecule has 98 valence electrons. The zero-order valence-corrected chi connectivity index (χ0v) is 12.1. The molecule has 1 atom stereocenters. The minimum atomic E-state index is -3.58. The summed E-state index contributed by atoms with van der Waals surface area (Å²) in [6.45, 7) is 1.90. The maximum atomic E-state index is 11.8. The summed E-state index contributed by atoms with van der Waals surface area (Å²) >= 11 is 11.4. The molecule has 0 heterocycles. The molecule has 0 fully saturated rings. The molecule has 0 bridgehead atoms. The van der Waals surface area contributed by atoms with E-state index in [9.17, 15) is 8.42 Å². The van der Waals surface area contributed by atoms with Gasteiger partial charge in [-0.05, 0) is 25.1 Å². The average Bonchev–Trinajstić information content (AvgIpc) is 2.21. The summed E-state index contributed by atoms with van der Waals surface area (Å²) in [5.74, 6) is 0. The van der Waals surface area contributed by atoms with E-state index >= 15 is 0 Å². The van der Waals surface area contributed by atoms with Gasteiger partial charge in [0.1, 0.15) is 0 Å². The summed E-state index contributed by atoms with van der Waals surface area (Å²) in [5, 5.41) is 0.512. The van der Waals surface area contributed by atoms with Gasteiger partial charge in [-0.2, -0.15) is 0 Å². The molecule has 3 N–H and O–H groups in total. The van der Waals surface area contributed by atoms with Crippen molar-refractivity contribution in [3.63, 3.8) is 0 Å². The molecule has 0 saturated heterocycles. The van der Waals surface area contributed by atoms with Gasteiger partial charge < -0.3 is 5.73 Å². The van der Waals surface area contributed by atoms with E-state index in [0.29, 0.717) is 5.02 Å². The molecule has 1 rings (SSSR count). The first-order valence-electron chi connectivity index (χ1n) is 4.54. The maximum absolute atomic E-state index is 11.8. The molecular weight excluding hydrogens is 307 g/mol. The second kappa shape index (κ2) is 6.78. The van der Waals surface area contributed by atoms with Crippen LogP contribution in [-0.4, -0.2) is 21.0 Å². The van der Waals surface area contributed by atoms with Crippen LogP contribution in [0.25, 0.3) is 0 Å². The van der Waals surface area contributed by atoms with Crippen molar-refractivity contribution in [3.8, 4) is 0 Å². The van der Waals surface area contributed by atoms with Gasteiger partial charge in [0.2, 0.25) is 10.0 Å². The number of halogens is 3. The van der Waals surface area contributed by atoms with Crippen molar-refractivity contribution in [2.24, 2.45) is 5.73 Å². The van der Waals surface area contributed by atoms with Crippen LogP contribution in [-0.2, 0) is 10.0 Å². The van der Waals surface area contributed by atoms with E-state index in [1.54, 1.807) is 6.92 Å². The molecule has 0 radical (unpaired) electrons. The van der Waals surface area contributed by atoms with E-state index < -0.39 is 10.0 Å². The molecule has 0 aliphatic heterocycles. The zero-order valence-electron chi connectivity index (χ0n) is 8.98.